The van der Waals surface area contributed by atoms with Gasteiger partial charge in [-0.3, -0.25) is 0 Å². The summed E-state index contributed by atoms with van der Waals surface area (Å²) in [6.07, 6.45) is 0. The number of rotatable bonds is 3. The lowest BCUT2D eigenvalue weighted by molar-refractivity contribution is 0.453. The van der Waals surface area contributed by atoms with Crippen LogP contribution in [0.1, 0.15) is 33.5 Å². The maximum atomic E-state index is 5.56. The molecule has 1 saturated carbocycles. The van der Waals surface area contributed by atoms with Crippen LogP contribution in [0.25, 0.3) is 0 Å². The number of aromatic nitrogens is 4. The first kappa shape index (κ1) is 10.5. The Balaban J connectivity index is 2.12. The zero-order chi connectivity index (χ0) is 11.3. The Kier molecular flexibility index (Phi) is 2.12. The third kappa shape index (κ3) is 1.37. The monoisotopic (exact) mass is 209 g/mol. The molecule has 1 aliphatic rings. The van der Waals surface area contributed by atoms with Gasteiger partial charge < -0.3 is 5.73 Å². The Labute approximate surface area is 90.0 Å². The quantitative estimate of drug-likeness (QED) is 0.800. The lowest BCUT2D eigenvalue weighted by atomic mass is 10.0. The van der Waals surface area contributed by atoms with Crippen molar-refractivity contribution in [2.75, 3.05) is 0 Å². The van der Waals surface area contributed by atoms with E-state index in [2.05, 4.69) is 43.2 Å². The maximum absolute atomic E-state index is 5.56. The van der Waals surface area contributed by atoms with Gasteiger partial charge in [-0.25, -0.2) is 4.68 Å². The fraction of sp³-hybridized carbons (Fsp3) is 0.900. The summed E-state index contributed by atoms with van der Waals surface area (Å²) in [5, 5.41) is 11.5. The summed E-state index contributed by atoms with van der Waals surface area (Å²) in [6, 6.07) is 0. The third-order valence-electron chi connectivity index (χ3n) is 4.46. The molecule has 2 N–H and O–H groups in total. The third-order valence-corrected chi connectivity index (χ3v) is 4.46. The first-order chi connectivity index (χ1) is 6.91. The van der Waals surface area contributed by atoms with Gasteiger partial charge in [-0.2, -0.15) is 0 Å². The van der Waals surface area contributed by atoms with E-state index in [1.54, 1.807) is 0 Å². The van der Waals surface area contributed by atoms with Gasteiger partial charge in [0.25, 0.3) is 0 Å². The standard InChI is InChI=1S/C10H19N5/c1-9(2)7(10(9,3)4)6-15-8(5-11)12-13-14-15/h7H,5-6,11H2,1-4H3. The molecule has 1 aromatic heterocycles. The minimum Gasteiger partial charge on any atom is -0.324 e. The molecule has 84 valence electrons. The Hall–Kier alpha value is -0.970. The van der Waals surface area contributed by atoms with Crippen LogP contribution in [0.3, 0.4) is 0 Å². The predicted molar refractivity (Wildman–Crippen MR) is 56.8 cm³/mol. The largest absolute Gasteiger partial charge is 0.324 e. The first-order valence-electron chi connectivity index (χ1n) is 5.36. The van der Waals surface area contributed by atoms with E-state index in [1.165, 1.54) is 0 Å². The smallest absolute Gasteiger partial charge is 0.164 e. The molecule has 0 atom stereocenters. The van der Waals surface area contributed by atoms with Crippen LogP contribution in [-0.2, 0) is 13.1 Å². The van der Waals surface area contributed by atoms with Gasteiger partial charge >= 0.3 is 0 Å². The fourth-order valence-electron chi connectivity index (χ4n) is 2.47. The Morgan fingerprint density at radius 2 is 1.87 bits per heavy atom. The van der Waals surface area contributed by atoms with Crippen LogP contribution < -0.4 is 5.73 Å². The highest BCUT2D eigenvalue weighted by Crippen LogP contribution is 2.68. The summed E-state index contributed by atoms with van der Waals surface area (Å²) in [5.41, 5.74) is 6.29. The van der Waals surface area contributed by atoms with Crippen molar-refractivity contribution in [3.05, 3.63) is 5.82 Å². The van der Waals surface area contributed by atoms with Crippen LogP contribution in [0.2, 0.25) is 0 Å². The van der Waals surface area contributed by atoms with Crippen molar-refractivity contribution in [1.82, 2.24) is 20.2 Å². The van der Waals surface area contributed by atoms with E-state index >= 15 is 0 Å². The fourth-order valence-corrected chi connectivity index (χ4v) is 2.47. The van der Waals surface area contributed by atoms with Crippen molar-refractivity contribution in [2.45, 2.75) is 40.8 Å². The number of tetrazole rings is 1. The molecule has 1 fully saturated rings. The second-order valence-electron chi connectivity index (χ2n) is 5.48. The molecule has 0 aliphatic heterocycles. The van der Waals surface area contributed by atoms with Gasteiger partial charge in [0.2, 0.25) is 0 Å². The van der Waals surface area contributed by atoms with Gasteiger partial charge in [-0.1, -0.05) is 27.7 Å². The molecule has 5 nitrogen and oxygen atoms in total. The highest BCUT2D eigenvalue weighted by molar-refractivity contribution is 5.11. The van der Waals surface area contributed by atoms with Gasteiger partial charge in [0.1, 0.15) is 0 Å². The molecular weight excluding hydrogens is 190 g/mol. The molecule has 1 heterocycles. The molecule has 0 radical (unpaired) electrons. The van der Waals surface area contributed by atoms with Gasteiger partial charge in [0.15, 0.2) is 5.82 Å². The van der Waals surface area contributed by atoms with E-state index in [0.717, 1.165) is 12.4 Å². The van der Waals surface area contributed by atoms with E-state index in [1.807, 2.05) is 4.68 Å². The summed E-state index contributed by atoms with van der Waals surface area (Å²) in [6.45, 7) is 10.5. The minimum atomic E-state index is 0.366. The lowest BCUT2D eigenvalue weighted by Gasteiger charge is -2.04. The van der Waals surface area contributed by atoms with Crippen molar-refractivity contribution in [2.24, 2.45) is 22.5 Å². The zero-order valence-corrected chi connectivity index (χ0v) is 9.86. The van der Waals surface area contributed by atoms with Gasteiger partial charge in [0.05, 0.1) is 6.54 Å². The van der Waals surface area contributed by atoms with Crippen LogP contribution in [0.5, 0.6) is 0 Å². The van der Waals surface area contributed by atoms with Crippen molar-refractivity contribution >= 4 is 0 Å². The van der Waals surface area contributed by atoms with E-state index in [0.29, 0.717) is 23.3 Å². The van der Waals surface area contributed by atoms with Crippen LogP contribution in [-0.4, -0.2) is 20.2 Å². The summed E-state index contributed by atoms with van der Waals surface area (Å²) < 4.78 is 1.83. The average Bonchev–Trinajstić information content (AvgIpc) is 2.59. The van der Waals surface area contributed by atoms with Gasteiger partial charge in [-0.15, -0.1) is 5.10 Å². The Morgan fingerprint density at radius 3 is 2.33 bits per heavy atom. The molecule has 0 bridgehead atoms. The van der Waals surface area contributed by atoms with Crippen molar-refractivity contribution < 1.29 is 0 Å². The second-order valence-corrected chi connectivity index (χ2v) is 5.48. The lowest BCUT2D eigenvalue weighted by Crippen LogP contribution is -2.13. The molecule has 2 rings (SSSR count). The van der Waals surface area contributed by atoms with Crippen LogP contribution in [0.15, 0.2) is 0 Å². The normalized spacial score (nSPS) is 23.0. The molecule has 1 aromatic rings. The molecule has 0 aromatic carbocycles. The highest BCUT2D eigenvalue weighted by atomic mass is 15.5. The van der Waals surface area contributed by atoms with Crippen LogP contribution in [0, 0.1) is 16.7 Å². The van der Waals surface area contributed by atoms with E-state index in [9.17, 15) is 0 Å². The number of hydrogen-bond donors (Lipinski definition) is 1. The highest BCUT2D eigenvalue weighted by Gasteiger charge is 2.64. The van der Waals surface area contributed by atoms with Crippen molar-refractivity contribution in [1.29, 1.82) is 0 Å². The molecular formula is C10H19N5. The molecule has 5 heteroatoms. The van der Waals surface area contributed by atoms with Gasteiger partial charge in [0, 0.05) is 6.54 Å². The van der Waals surface area contributed by atoms with Crippen molar-refractivity contribution in [3.8, 4) is 0 Å². The average molecular weight is 209 g/mol. The minimum absolute atomic E-state index is 0.366. The Morgan fingerprint density at radius 1 is 1.27 bits per heavy atom. The predicted octanol–water partition coefficient (Wildman–Crippen LogP) is 0.814. The number of nitrogens with two attached hydrogens (primary N) is 1. The van der Waals surface area contributed by atoms with Crippen LogP contribution >= 0.6 is 0 Å². The SMILES string of the molecule is CC1(C)C(Cn2nnnc2CN)C1(C)C. The van der Waals surface area contributed by atoms with E-state index < -0.39 is 0 Å². The topological polar surface area (TPSA) is 69.6 Å². The summed E-state index contributed by atoms with van der Waals surface area (Å²) >= 11 is 0. The molecule has 1 aliphatic carbocycles. The van der Waals surface area contributed by atoms with Crippen molar-refractivity contribution in [3.63, 3.8) is 0 Å². The number of hydrogen-bond acceptors (Lipinski definition) is 4. The number of nitrogens with zero attached hydrogens (tertiary/aromatic N) is 4. The van der Waals surface area contributed by atoms with Crippen LogP contribution in [0.4, 0.5) is 0 Å². The molecule has 0 saturated heterocycles. The molecule has 15 heavy (non-hydrogen) atoms. The Bertz CT molecular complexity index is 352. The maximum Gasteiger partial charge on any atom is 0.164 e. The molecule has 0 unspecified atom stereocenters. The summed E-state index contributed by atoms with van der Waals surface area (Å²) in [5.74, 6) is 1.40. The van der Waals surface area contributed by atoms with Gasteiger partial charge in [-0.05, 0) is 27.2 Å². The van der Waals surface area contributed by atoms with E-state index in [4.69, 9.17) is 5.73 Å². The second kappa shape index (κ2) is 3.01. The summed E-state index contributed by atoms with van der Waals surface area (Å²) in [7, 11) is 0. The first-order valence-corrected chi connectivity index (χ1v) is 5.36. The zero-order valence-electron chi connectivity index (χ0n) is 9.86. The molecule has 0 amide bonds. The van der Waals surface area contributed by atoms with E-state index in [-0.39, 0.29) is 0 Å². The summed E-state index contributed by atoms with van der Waals surface area (Å²) in [4.78, 5) is 0. The molecule has 0 spiro atoms.